The fourth-order valence-corrected chi connectivity index (χ4v) is 2.56. The lowest BCUT2D eigenvalue weighted by Crippen LogP contribution is -2.63. The molecule has 1 aromatic carbocycles. The summed E-state index contributed by atoms with van der Waals surface area (Å²) in [7, 11) is 0. The number of rotatable bonds is 4. The highest BCUT2D eigenvalue weighted by Gasteiger charge is 2.59. The van der Waals surface area contributed by atoms with Crippen LogP contribution in [0.4, 0.5) is 0 Å². The van der Waals surface area contributed by atoms with Crippen LogP contribution in [0.2, 0.25) is 0 Å². The normalized spacial score (nSPS) is 18.2. The first-order chi connectivity index (χ1) is 9.46. The average molecular weight is 272 g/mol. The average Bonchev–Trinajstić information content (AvgIpc) is 2.46. The molecule has 0 radical (unpaired) electrons. The van der Waals surface area contributed by atoms with Gasteiger partial charge in [-0.1, -0.05) is 43.7 Å². The van der Waals surface area contributed by atoms with Crippen LogP contribution in [0.15, 0.2) is 29.4 Å². The van der Waals surface area contributed by atoms with Crippen LogP contribution in [-0.4, -0.2) is 22.5 Å². The van der Waals surface area contributed by atoms with Gasteiger partial charge in [0.25, 0.3) is 11.8 Å². The van der Waals surface area contributed by atoms with E-state index >= 15 is 0 Å². The Morgan fingerprint density at radius 3 is 2.30 bits per heavy atom. The number of hydrazone groups is 1. The minimum atomic E-state index is -0.837. The number of amides is 2. The van der Waals surface area contributed by atoms with Crippen LogP contribution >= 0.6 is 0 Å². The highest BCUT2D eigenvalue weighted by atomic mass is 16.2. The van der Waals surface area contributed by atoms with Gasteiger partial charge in [0.15, 0.2) is 0 Å². The second-order valence-electron chi connectivity index (χ2n) is 5.27. The first kappa shape index (κ1) is 14.4. The standard InChI is InChI=1S/C16H20N2O2/c1-5-16(6-2)14(19)18(15(16)20)17-12(4)13-9-7-8-11(3)10-13/h7-10H,5-6H2,1-4H3/b17-12+. The van der Waals surface area contributed by atoms with Crippen molar-refractivity contribution in [2.45, 2.75) is 40.5 Å². The minimum absolute atomic E-state index is 0.181. The SMILES string of the molecule is CCC1(CC)C(=O)N(/N=C(\C)c2cccc(C)c2)C1=O. The van der Waals surface area contributed by atoms with Gasteiger partial charge in [0, 0.05) is 0 Å². The molecule has 1 aromatic rings. The topological polar surface area (TPSA) is 49.7 Å². The van der Waals surface area contributed by atoms with Crippen LogP contribution in [0.5, 0.6) is 0 Å². The van der Waals surface area contributed by atoms with E-state index in [4.69, 9.17) is 0 Å². The van der Waals surface area contributed by atoms with Crippen molar-refractivity contribution in [2.75, 3.05) is 0 Å². The zero-order chi connectivity index (χ0) is 14.9. The fraction of sp³-hybridized carbons (Fsp3) is 0.438. The lowest BCUT2D eigenvalue weighted by molar-refractivity contribution is -0.177. The number of nitrogens with zero attached hydrogens (tertiary/aromatic N) is 2. The maximum Gasteiger partial charge on any atom is 0.265 e. The van der Waals surface area contributed by atoms with Crippen LogP contribution in [0.1, 0.15) is 44.7 Å². The number of β-lactam (4-membered cyclic amide) rings is 2. The number of carbonyl (C=O) groups excluding carboxylic acids is 2. The highest BCUT2D eigenvalue weighted by molar-refractivity contribution is 6.22. The van der Waals surface area contributed by atoms with Crippen LogP contribution in [0.25, 0.3) is 0 Å². The molecule has 106 valence electrons. The monoisotopic (exact) mass is 272 g/mol. The van der Waals surface area contributed by atoms with Gasteiger partial charge in [0.1, 0.15) is 5.41 Å². The van der Waals surface area contributed by atoms with Crippen molar-refractivity contribution < 1.29 is 9.59 Å². The van der Waals surface area contributed by atoms with Crippen LogP contribution in [0.3, 0.4) is 0 Å². The van der Waals surface area contributed by atoms with Crippen molar-refractivity contribution in [3.05, 3.63) is 35.4 Å². The van der Waals surface area contributed by atoms with E-state index in [9.17, 15) is 9.59 Å². The van der Waals surface area contributed by atoms with E-state index in [1.54, 1.807) is 0 Å². The zero-order valence-electron chi connectivity index (χ0n) is 12.4. The van der Waals surface area contributed by atoms with Gasteiger partial charge in [-0.3, -0.25) is 9.59 Å². The molecule has 0 spiro atoms. The van der Waals surface area contributed by atoms with Gasteiger partial charge in [-0.2, -0.15) is 10.1 Å². The van der Waals surface area contributed by atoms with Gasteiger partial charge in [0.05, 0.1) is 5.71 Å². The summed E-state index contributed by atoms with van der Waals surface area (Å²) >= 11 is 0. The van der Waals surface area contributed by atoms with Crippen molar-refractivity contribution in [3.63, 3.8) is 0 Å². The fourth-order valence-electron chi connectivity index (χ4n) is 2.56. The Morgan fingerprint density at radius 2 is 1.80 bits per heavy atom. The summed E-state index contributed by atoms with van der Waals surface area (Å²) in [5.41, 5.74) is 1.89. The van der Waals surface area contributed by atoms with E-state index < -0.39 is 5.41 Å². The molecule has 2 rings (SSSR count). The summed E-state index contributed by atoms with van der Waals surface area (Å²) in [6.07, 6.45) is 1.08. The molecule has 0 bridgehead atoms. The Hall–Kier alpha value is -1.97. The Balaban J connectivity index is 2.25. The van der Waals surface area contributed by atoms with Crippen molar-refractivity contribution in [2.24, 2.45) is 10.5 Å². The van der Waals surface area contributed by atoms with Crippen molar-refractivity contribution in [3.8, 4) is 0 Å². The quantitative estimate of drug-likeness (QED) is 0.481. The molecule has 0 aliphatic carbocycles. The molecule has 1 heterocycles. The first-order valence-electron chi connectivity index (χ1n) is 6.97. The lowest BCUT2D eigenvalue weighted by atomic mass is 9.74. The van der Waals surface area contributed by atoms with Gasteiger partial charge in [-0.25, -0.2) is 0 Å². The maximum atomic E-state index is 12.2. The largest absolute Gasteiger partial charge is 0.271 e. The van der Waals surface area contributed by atoms with Crippen LogP contribution in [-0.2, 0) is 9.59 Å². The number of imide groups is 1. The van der Waals surface area contributed by atoms with E-state index in [1.807, 2.05) is 52.0 Å². The summed E-state index contributed by atoms with van der Waals surface area (Å²) < 4.78 is 0. The molecule has 1 saturated heterocycles. The molecule has 0 atom stereocenters. The van der Waals surface area contributed by atoms with Gasteiger partial charge >= 0.3 is 0 Å². The molecule has 0 saturated carbocycles. The molecule has 20 heavy (non-hydrogen) atoms. The van der Waals surface area contributed by atoms with Crippen LogP contribution in [0, 0.1) is 12.3 Å². The number of benzene rings is 1. The number of carbonyl (C=O) groups is 2. The highest BCUT2D eigenvalue weighted by Crippen LogP contribution is 2.40. The van der Waals surface area contributed by atoms with E-state index in [2.05, 4.69) is 5.10 Å². The number of hydrogen-bond donors (Lipinski definition) is 0. The molecule has 0 N–H and O–H groups in total. The van der Waals surface area contributed by atoms with Crippen molar-refractivity contribution in [1.82, 2.24) is 5.01 Å². The Morgan fingerprint density at radius 1 is 1.20 bits per heavy atom. The molecule has 1 fully saturated rings. The first-order valence-corrected chi connectivity index (χ1v) is 6.97. The molecular formula is C16H20N2O2. The molecule has 2 amide bonds. The number of aryl methyl sites for hydroxylation is 1. The van der Waals surface area contributed by atoms with Gasteiger partial charge in [0.2, 0.25) is 0 Å². The molecule has 0 unspecified atom stereocenters. The Kier molecular flexibility index (Phi) is 3.75. The molecule has 1 aliphatic rings. The van der Waals surface area contributed by atoms with Gasteiger partial charge < -0.3 is 0 Å². The van der Waals surface area contributed by atoms with Crippen molar-refractivity contribution in [1.29, 1.82) is 0 Å². The Bertz CT molecular complexity index is 568. The van der Waals surface area contributed by atoms with E-state index in [0.717, 1.165) is 16.1 Å². The van der Waals surface area contributed by atoms with E-state index in [1.165, 1.54) is 0 Å². The second kappa shape index (κ2) is 5.19. The maximum absolute atomic E-state index is 12.2. The minimum Gasteiger partial charge on any atom is -0.271 e. The van der Waals surface area contributed by atoms with Gasteiger partial charge in [-0.15, -0.1) is 0 Å². The second-order valence-corrected chi connectivity index (χ2v) is 5.27. The zero-order valence-corrected chi connectivity index (χ0v) is 12.4. The predicted molar refractivity (Wildman–Crippen MR) is 78.3 cm³/mol. The van der Waals surface area contributed by atoms with E-state index in [-0.39, 0.29) is 11.8 Å². The van der Waals surface area contributed by atoms with E-state index in [0.29, 0.717) is 18.6 Å². The lowest BCUT2D eigenvalue weighted by Gasteiger charge is -2.42. The van der Waals surface area contributed by atoms with Crippen molar-refractivity contribution >= 4 is 17.5 Å². The summed E-state index contributed by atoms with van der Waals surface area (Å²) in [6.45, 7) is 7.55. The molecule has 0 aromatic heterocycles. The van der Waals surface area contributed by atoms with Crippen LogP contribution < -0.4 is 0 Å². The Labute approximate surface area is 119 Å². The number of hydrogen-bond acceptors (Lipinski definition) is 3. The molecule has 1 aliphatic heterocycles. The molecule has 4 heteroatoms. The summed E-state index contributed by atoms with van der Waals surface area (Å²) in [4.78, 5) is 24.4. The van der Waals surface area contributed by atoms with Gasteiger partial charge in [-0.05, 0) is 32.3 Å². The summed E-state index contributed by atoms with van der Waals surface area (Å²) in [6, 6.07) is 7.84. The summed E-state index contributed by atoms with van der Waals surface area (Å²) in [5.74, 6) is -0.362. The third-order valence-electron chi connectivity index (χ3n) is 4.10. The molecular weight excluding hydrogens is 252 g/mol. The smallest absolute Gasteiger partial charge is 0.265 e. The summed E-state index contributed by atoms with van der Waals surface area (Å²) in [5, 5.41) is 5.22. The molecule has 4 nitrogen and oxygen atoms in total. The predicted octanol–water partition coefficient (Wildman–Crippen LogP) is 2.89. The third kappa shape index (κ3) is 2.05. The third-order valence-corrected chi connectivity index (χ3v) is 4.10.